The molecule has 1 amide bonds. The van der Waals surface area contributed by atoms with Crippen molar-refractivity contribution in [1.82, 2.24) is 25.1 Å². The van der Waals surface area contributed by atoms with Gasteiger partial charge in [0.25, 0.3) is 5.91 Å². The second-order valence-electron chi connectivity index (χ2n) is 5.60. The van der Waals surface area contributed by atoms with Gasteiger partial charge in [-0.1, -0.05) is 0 Å². The molecule has 2 heterocycles. The van der Waals surface area contributed by atoms with Crippen LogP contribution in [0.3, 0.4) is 0 Å². The number of nitrogens with one attached hydrogen (secondary N) is 2. The van der Waals surface area contributed by atoms with Crippen LogP contribution in [-0.2, 0) is 6.54 Å². The van der Waals surface area contributed by atoms with E-state index in [2.05, 4.69) is 25.5 Å². The van der Waals surface area contributed by atoms with Crippen molar-refractivity contribution in [3.05, 3.63) is 59.8 Å². The zero-order valence-electron chi connectivity index (χ0n) is 13.8. The molecule has 0 aliphatic heterocycles. The highest BCUT2D eigenvalue weighted by Gasteiger charge is 2.09. The predicted octanol–water partition coefficient (Wildman–Crippen LogP) is 2.32. The summed E-state index contributed by atoms with van der Waals surface area (Å²) in [6.45, 7) is 0.391. The van der Waals surface area contributed by atoms with E-state index in [1.165, 1.54) is 23.2 Å². The lowest BCUT2D eigenvalue weighted by Crippen LogP contribution is -2.21. The maximum Gasteiger partial charge on any atom is 0.254 e. The van der Waals surface area contributed by atoms with Gasteiger partial charge in [-0.15, -0.1) is 0 Å². The maximum atomic E-state index is 12.9. The molecule has 2 N–H and O–H groups in total. The van der Waals surface area contributed by atoms with E-state index in [0.29, 0.717) is 29.6 Å². The Morgan fingerprint density at radius 2 is 1.96 bits per heavy atom. The first-order valence-electron chi connectivity index (χ1n) is 7.62. The molecule has 0 aliphatic rings. The Bertz CT molecular complexity index is 858. The average molecular weight is 340 g/mol. The second kappa shape index (κ2) is 7.08. The van der Waals surface area contributed by atoms with Crippen molar-refractivity contribution in [3.63, 3.8) is 0 Å². The number of hydrogen-bond donors (Lipinski definition) is 2. The highest BCUT2D eigenvalue weighted by molar-refractivity contribution is 5.93. The summed E-state index contributed by atoms with van der Waals surface area (Å²) in [6, 6.07) is 9.42. The van der Waals surface area contributed by atoms with Crippen molar-refractivity contribution in [3.8, 4) is 11.4 Å². The molecular formula is C17H17FN6O. The van der Waals surface area contributed by atoms with Crippen LogP contribution in [0, 0.1) is 5.82 Å². The number of H-pyrrole nitrogens is 1. The number of carbonyl (C=O) groups excluding carboxylic acids is 1. The van der Waals surface area contributed by atoms with E-state index in [9.17, 15) is 9.18 Å². The molecule has 1 aromatic carbocycles. The van der Waals surface area contributed by atoms with Gasteiger partial charge in [0.2, 0.25) is 0 Å². The standard InChI is InChI=1S/C17H17FN6O/c1-24(2)17(25)12-5-8-14(19-9-12)20-10-15-21-16(23-22-15)11-3-6-13(18)7-4-11/h3-9H,10H2,1-2H3,(H,19,20)(H,21,22,23). The maximum absolute atomic E-state index is 12.9. The number of anilines is 1. The van der Waals surface area contributed by atoms with Gasteiger partial charge in [0.15, 0.2) is 5.82 Å². The molecule has 0 radical (unpaired) electrons. The molecule has 0 unspecified atom stereocenters. The van der Waals surface area contributed by atoms with Crippen LogP contribution < -0.4 is 5.32 Å². The van der Waals surface area contributed by atoms with Gasteiger partial charge in [0.1, 0.15) is 17.5 Å². The van der Waals surface area contributed by atoms with E-state index in [0.717, 1.165) is 5.56 Å². The van der Waals surface area contributed by atoms with Crippen LogP contribution in [0.1, 0.15) is 16.2 Å². The summed E-state index contributed by atoms with van der Waals surface area (Å²) >= 11 is 0. The summed E-state index contributed by atoms with van der Waals surface area (Å²) in [5.74, 6) is 1.34. The van der Waals surface area contributed by atoms with Crippen LogP contribution >= 0.6 is 0 Å². The van der Waals surface area contributed by atoms with Gasteiger partial charge >= 0.3 is 0 Å². The number of pyridine rings is 1. The molecule has 0 saturated heterocycles. The number of hydrogen-bond acceptors (Lipinski definition) is 5. The third-order valence-electron chi connectivity index (χ3n) is 3.49. The summed E-state index contributed by atoms with van der Waals surface area (Å²) in [5.41, 5.74) is 1.25. The summed E-state index contributed by atoms with van der Waals surface area (Å²) < 4.78 is 12.9. The SMILES string of the molecule is CN(C)C(=O)c1ccc(NCc2nc(-c3ccc(F)cc3)n[nH]2)nc1. The van der Waals surface area contributed by atoms with Gasteiger partial charge in [-0.25, -0.2) is 14.4 Å². The fourth-order valence-electron chi connectivity index (χ4n) is 2.16. The molecule has 0 fully saturated rings. The minimum Gasteiger partial charge on any atom is -0.363 e. The van der Waals surface area contributed by atoms with E-state index in [1.54, 1.807) is 38.4 Å². The zero-order valence-corrected chi connectivity index (χ0v) is 13.8. The number of aromatic amines is 1. The minimum atomic E-state index is -0.302. The summed E-state index contributed by atoms with van der Waals surface area (Å²) in [4.78, 5) is 21.9. The van der Waals surface area contributed by atoms with Crippen LogP contribution in [0.25, 0.3) is 11.4 Å². The van der Waals surface area contributed by atoms with Crippen molar-refractivity contribution in [2.45, 2.75) is 6.54 Å². The molecule has 25 heavy (non-hydrogen) atoms. The topological polar surface area (TPSA) is 86.8 Å². The Hall–Kier alpha value is -3.29. The summed E-state index contributed by atoms with van der Waals surface area (Å²) in [6.07, 6.45) is 1.52. The number of aromatic nitrogens is 4. The highest BCUT2D eigenvalue weighted by Crippen LogP contribution is 2.15. The number of nitrogens with zero attached hydrogens (tertiary/aromatic N) is 4. The normalized spacial score (nSPS) is 10.5. The van der Waals surface area contributed by atoms with Crippen molar-refractivity contribution < 1.29 is 9.18 Å². The molecule has 3 rings (SSSR count). The van der Waals surface area contributed by atoms with Crippen molar-refractivity contribution >= 4 is 11.7 Å². The van der Waals surface area contributed by atoms with Crippen LogP contribution in [0.4, 0.5) is 10.2 Å². The lowest BCUT2D eigenvalue weighted by atomic mass is 10.2. The Kier molecular flexibility index (Phi) is 4.69. The average Bonchev–Trinajstić information content (AvgIpc) is 3.09. The summed E-state index contributed by atoms with van der Waals surface area (Å²) in [5, 5.41) is 10.0. The quantitative estimate of drug-likeness (QED) is 0.744. The molecule has 0 spiro atoms. The molecule has 2 aromatic heterocycles. The van der Waals surface area contributed by atoms with Gasteiger partial charge in [0.05, 0.1) is 12.1 Å². The van der Waals surface area contributed by atoms with Gasteiger partial charge in [-0.05, 0) is 36.4 Å². The molecule has 0 atom stereocenters. The molecule has 8 heteroatoms. The lowest BCUT2D eigenvalue weighted by Gasteiger charge is -2.10. The fraction of sp³-hybridized carbons (Fsp3) is 0.176. The highest BCUT2D eigenvalue weighted by atomic mass is 19.1. The van der Waals surface area contributed by atoms with Crippen LogP contribution in [0.5, 0.6) is 0 Å². The Morgan fingerprint density at radius 3 is 2.60 bits per heavy atom. The number of carbonyl (C=O) groups is 1. The summed E-state index contributed by atoms with van der Waals surface area (Å²) in [7, 11) is 3.38. The third kappa shape index (κ3) is 3.97. The number of amides is 1. The monoisotopic (exact) mass is 340 g/mol. The van der Waals surface area contributed by atoms with Gasteiger partial charge in [0, 0.05) is 25.9 Å². The predicted molar refractivity (Wildman–Crippen MR) is 91.4 cm³/mol. The first-order chi connectivity index (χ1) is 12.0. The van der Waals surface area contributed by atoms with Crippen LogP contribution in [0.2, 0.25) is 0 Å². The van der Waals surface area contributed by atoms with E-state index >= 15 is 0 Å². The third-order valence-corrected chi connectivity index (χ3v) is 3.49. The largest absolute Gasteiger partial charge is 0.363 e. The Labute approximate surface area is 143 Å². The zero-order chi connectivity index (χ0) is 17.8. The molecule has 3 aromatic rings. The first-order valence-corrected chi connectivity index (χ1v) is 7.62. The number of rotatable bonds is 5. The van der Waals surface area contributed by atoms with E-state index < -0.39 is 0 Å². The fourth-order valence-corrected chi connectivity index (χ4v) is 2.16. The molecule has 0 bridgehead atoms. The van der Waals surface area contributed by atoms with Crippen molar-refractivity contribution in [2.24, 2.45) is 0 Å². The number of halogens is 1. The second-order valence-corrected chi connectivity index (χ2v) is 5.60. The Balaban J connectivity index is 1.62. The van der Waals surface area contributed by atoms with Gasteiger partial charge < -0.3 is 10.2 Å². The number of benzene rings is 1. The van der Waals surface area contributed by atoms with E-state index in [4.69, 9.17) is 0 Å². The van der Waals surface area contributed by atoms with Crippen LogP contribution in [-0.4, -0.2) is 45.1 Å². The Morgan fingerprint density at radius 1 is 1.20 bits per heavy atom. The van der Waals surface area contributed by atoms with Gasteiger partial charge in [-0.2, -0.15) is 5.10 Å². The molecule has 128 valence electrons. The smallest absolute Gasteiger partial charge is 0.254 e. The lowest BCUT2D eigenvalue weighted by molar-refractivity contribution is 0.0827. The molecule has 0 saturated carbocycles. The minimum absolute atomic E-state index is 0.0989. The first kappa shape index (κ1) is 16.6. The molecular weight excluding hydrogens is 323 g/mol. The molecule has 7 nitrogen and oxygen atoms in total. The van der Waals surface area contributed by atoms with Gasteiger partial charge in [-0.3, -0.25) is 9.89 Å². The van der Waals surface area contributed by atoms with E-state index in [1.807, 2.05) is 0 Å². The van der Waals surface area contributed by atoms with E-state index in [-0.39, 0.29) is 11.7 Å². The molecule has 0 aliphatic carbocycles. The van der Waals surface area contributed by atoms with Crippen molar-refractivity contribution in [1.29, 1.82) is 0 Å². The van der Waals surface area contributed by atoms with Crippen LogP contribution in [0.15, 0.2) is 42.6 Å². The van der Waals surface area contributed by atoms with Crippen molar-refractivity contribution in [2.75, 3.05) is 19.4 Å².